The minimum atomic E-state index is -4.92. The summed E-state index contributed by atoms with van der Waals surface area (Å²) in [5.41, 5.74) is 2.19. The number of benzene rings is 1. The van der Waals surface area contributed by atoms with E-state index in [-0.39, 0.29) is 29.5 Å². The second kappa shape index (κ2) is 12.9. The summed E-state index contributed by atoms with van der Waals surface area (Å²) in [7, 11) is -3.19. The van der Waals surface area contributed by atoms with Gasteiger partial charge in [0, 0.05) is 48.7 Å². The number of amides is 1. The first-order chi connectivity index (χ1) is 20.9. The quantitative estimate of drug-likeness (QED) is 0.167. The van der Waals surface area contributed by atoms with Crippen LogP contribution in [0.15, 0.2) is 36.5 Å². The van der Waals surface area contributed by atoms with Gasteiger partial charge in [-0.3, -0.25) is 9.48 Å². The zero-order valence-electron chi connectivity index (χ0n) is 23.6. The molecule has 44 heavy (non-hydrogen) atoms. The summed E-state index contributed by atoms with van der Waals surface area (Å²) in [5.74, 6) is -1.80. The zero-order chi connectivity index (χ0) is 31.5. The van der Waals surface area contributed by atoms with Gasteiger partial charge in [-0.25, -0.2) is 17.1 Å². The smallest absolute Gasteiger partial charge is 0.406 e. The van der Waals surface area contributed by atoms with Gasteiger partial charge in [-0.05, 0) is 56.0 Å². The molecule has 1 aliphatic rings. The molecule has 1 aliphatic heterocycles. The molecule has 0 saturated carbocycles. The molecule has 4 aromatic rings. The molecule has 1 saturated heterocycles. The molecule has 12 nitrogen and oxygen atoms in total. The third-order valence-electron chi connectivity index (χ3n) is 7.12. The van der Waals surface area contributed by atoms with E-state index >= 15 is 0 Å². The number of nitrogens with one attached hydrogen (secondary N) is 2. The molecule has 2 N–H and O–H groups in total. The number of carbonyl (C=O) groups excluding carboxylic acids is 1. The number of fused-ring (bicyclic) bond motifs is 1. The number of aromatic amines is 1. The Bertz CT molecular complexity index is 1740. The van der Waals surface area contributed by atoms with Gasteiger partial charge in [0.15, 0.2) is 11.3 Å². The fraction of sp³-hybridized carbons (Fsp3) is 0.444. The lowest BCUT2D eigenvalue weighted by atomic mass is 9.99. The van der Waals surface area contributed by atoms with Gasteiger partial charge in [0.25, 0.3) is 5.91 Å². The van der Waals surface area contributed by atoms with Crippen molar-refractivity contribution >= 4 is 27.0 Å². The van der Waals surface area contributed by atoms with Gasteiger partial charge in [0.1, 0.15) is 11.6 Å². The van der Waals surface area contributed by atoms with Crippen LogP contribution in [0.5, 0.6) is 5.75 Å². The molecular weight excluding hydrogens is 608 g/mol. The fourth-order valence-corrected chi connectivity index (χ4v) is 6.42. The first-order valence-corrected chi connectivity index (χ1v) is 15.6. The van der Waals surface area contributed by atoms with E-state index in [2.05, 4.69) is 35.5 Å². The number of alkyl halides is 3. The van der Waals surface area contributed by atoms with Crippen LogP contribution in [0.4, 0.5) is 17.6 Å². The number of rotatable bonds is 13. The van der Waals surface area contributed by atoms with E-state index in [0.717, 1.165) is 41.4 Å². The molecule has 0 atom stereocenters. The second-order valence-corrected chi connectivity index (χ2v) is 12.6. The average molecular weight is 639 g/mol. The Morgan fingerprint density at radius 2 is 1.93 bits per heavy atom. The largest absolute Gasteiger partial charge is 0.573 e. The monoisotopic (exact) mass is 638 g/mol. The fourth-order valence-electron chi connectivity index (χ4n) is 4.83. The Hall–Kier alpha value is -4.12. The van der Waals surface area contributed by atoms with Crippen molar-refractivity contribution in [1.82, 2.24) is 39.8 Å². The molecular formula is C27H30F4N8O4S. The van der Waals surface area contributed by atoms with Gasteiger partial charge in [0.05, 0.1) is 17.6 Å². The van der Waals surface area contributed by atoms with Crippen LogP contribution < -0.4 is 10.1 Å². The third kappa shape index (κ3) is 7.68. The highest BCUT2D eigenvalue weighted by atomic mass is 32.2. The van der Waals surface area contributed by atoms with Gasteiger partial charge < -0.3 is 15.0 Å². The predicted octanol–water partition coefficient (Wildman–Crippen LogP) is 3.68. The van der Waals surface area contributed by atoms with Crippen LogP contribution in [0.1, 0.15) is 59.5 Å². The van der Waals surface area contributed by atoms with Crippen molar-refractivity contribution in [1.29, 1.82) is 0 Å². The van der Waals surface area contributed by atoms with Crippen LogP contribution in [0.3, 0.4) is 0 Å². The molecule has 3 aromatic heterocycles. The molecule has 0 spiro atoms. The molecule has 1 fully saturated rings. The Labute approximate surface area is 249 Å². The second-order valence-electron chi connectivity index (χ2n) is 10.5. The molecule has 0 bridgehead atoms. The summed E-state index contributed by atoms with van der Waals surface area (Å²) in [4.78, 5) is 15.7. The first-order valence-electron chi connectivity index (χ1n) is 14.0. The van der Waals surface area contributed by atoms with Crippen molar-refractivity contribution in [2.24, 2.45) is 0 Å². The topological polar surface area (TPSA) is 148 Å². The van der Waals surface area contributed by atoms with Gasteiger partial charge in [0.2, 0.25) is 10.0 Å². The van der Waals surface area contributed by atoms with E-state index in [1.165, 1.54) is 15.2 Å². The lowest BCUT2D eigenvalue weighted by Gasteiger charge is -2.37. The normalized spacial score (nSPS) is 14.6. The van der Waals surface area contributed by atoms with Crippen molar-refractivity contribution < 1.29 is 35.5 Å². The summed E-state index contributed by atoms with van der Waals surface area (Å²) in [6.45, 7) is 2.84. The molecule has 236 valence electrons. The number of carbonyl (C=O) groups is 1. The summed E-state index contributed by atoms with van der Waals surface area (Å²) in [6.07, 6.45) is -0.807. The third-order valence-corrected chi connectivity index (χ3v) is 9.13. The lowest BCUT2D eigenvalue weighted by molar-refractivity contribution is -0.274. The van der Waals surface area contributed by atoms with E-state index in [9.17, 15) is 30.8 Å². The van der Waals surface area contributed by atoms with Gasteiger partial charge in [-0.2, -0.15) is 5.10 Å². The number of aromatic nitrogens is 6. The van der Waals surface area contributed by atoms with Crippen molar-refractivity contribution in [2.45, 2.75) is 58.0 Å². The van der Waals surface area contributed by atoms with Gasteiger partial charge >= 0.3 is 6.36 Å². The summed E-state index contributed by atoms with van der Waals surface area (Å²) >= 11 is 0. The Morgan fingerprint density at radius 1 is 1.14 bits per heavy atom. The Morgan fingerprint density at radius 3 is 2.68 bits per heavy atom. The molecule has 1 amide bonds. The molecule has 0 aliphatic carbocycles. The Kier molecular flexibility index (Phi) is 9.15. The number of hydrogen-bond donors (Lipinski definition) is 2. The van der Waals surface area contributed by atoms with E-state index in [0.29, 0.717) is 44.5 Å². The van der Waals surface area contributed by atoms with Crippen molar-refractivity contribution in [2.75, 3.05) is 18.8 Å². The number of aryl methyl sites for hydroxylation is 2. The number of sulfonamides is 1. The van der Waals surface area contributed by atoms with Crippen LogP contribution in [0.25, 0.3) is 11.0 Å². The van der Waals surface area contributed by atoms with Crippen LogP contribution in [-0.2, 0) is 29.5 Å². The molecule has 4 heterocycles. The molecule has 5 rings (SSSR count). The molecule has 1 aromatic carbocycles. The van der Waals surface area contributed by atoms with E-state index in [4.69, 9.17) is 0 Å². The van der Waals surface area contributed by atoms with Crippen LogP contribution in [-0.4, -0.2) is 74.0 Å². The average Bonchev–Trinajstić information content (AvgIpc) is 3.56. The SMILES string of the molecule is CCCS(=O)(=O)N1CC(c2cc3cc(CCCCn4cc(C(=O)NCc5cc(OC(F)(F)F)ccc5F)nn4)nnc3[nH]2)C1. The number of ether oxygens (including phenoxy) is 1. The van der Waals surface area contributed by atoms with E-state index in [1.807, 2.05) is 19.1 Å². The number of halogens is 4. The highest BCUT2D eigenvalue weighted by Crippen LogP contribution is 2.31. The number of nitrogens with zero attached hydrogens (tertiary/aromatic N) is 6. The predicted molar refractivity (Wildman–Crippen MR) is 149 cm³/mol. The van der Waals surface area contributed by atoms with Crippen LogP contribution >= 0.6 is 0 Å². The van der Waals surface area contributed by atoms with Crippen molar-refractivity contribution in [3.63, 3.8) is 0 Å². The van der Waals surface area contributed by atoms with E-state index in [1.54, 1.807) is 0 Å². The maximum absolute atomic E-state index is 14.0. The van der Waals surface area contributed by atoms with Gasteiger partial charge in [-0.1, -0.05) is 12.1 Å². The number of unbranched alkanes of at least 4 members (excludes halogenated alkanes) is 1. The molecule has 17 heteroatoms. The van der Waals surface area contributed by atoms with Crippen LogP contribution in [0.2, 0.25) is 0 Å². The minimum Gasteiger partial charge on any atom is -0.406 e. The van der Waals surface area contributed by atoms with E-state index < -0.39 is 33.9 Å². The first kappa shape index (κ1) is 31.3. The summed E-state index contributed by atoms with van der Waals surface area (Å²) < 4.78 is 82.5. The Balaban J connectivity index is 1.07. The van der Waals surface area contributed by atoms with Gasteiger partial charge in [-0.15, -0.1) is 23.4 Å². The molecule has 0 unspecified atom stereocenters. The van der Waals surface area contributed by atoms with Crippen molar-refractivity contribution in [3.05, 3.63) is 65.0 Å². The maximum atomic E-state index is 14.0. The lowest BCUT2D eigenvalue weighted by Crippen LogP contribution is -2.49. The standard InChI is InChI=1S/C27H30F4N8O4S/c1-2-9-44(41,42)39-14-19(15-39)23-12-17-10-20(34-36-25(17)33-23)5-3-4-8-38-16-24(35-37-38)26(40)32-13-18-11-21(6-7-22(18)28)43-27(29,30)31/h6-7,10-12,16,19H,2-5,8-9,13-15H2,1H3,(H,32,40)(H,33,36). The number of H-pyrrole nitrogens is 1. The van der Waals surface area contributed by atoms with Crippen molar-refractivity contribution in [3.8, 4) is 5.75 Å². The highest BCUT2D eigenvalue weighted by molar-refractivity contribution is 7.89. The highest BCUT2D eigenvalue weighted by Gasteiger charge is 2.36. The summed E-state index contributed by atoms with van der Waals surface area (Å²) in [6, 6.07) is 6.48. The molecule has 0 radical (unpaired) electrons. The number of hydrogen-bond acceptors (Lipinski definition) is 8. The maximum Gasteiger partial charge on any atom is 0.573 e. The minimum absolute atomic E-state index is 0.0229. The van der Waals surface area contributed by atoms with Crippen LogP contribution in [0, 0.1) is 5.82 Å². The summed E-state index contributed by atoms with van der Waals surface area (Å²) in [5, 5.41) is 19.6. The zero-order valence-corrected chi connectivity index (χ0v) is 24.5.